The van der Waals surface area contributed by atoms with E-state index in [-0.39, 0.29) is 40.5 Å². The van der Waals surface area contributed by atoms with E-state index >= 15 is 0 Å². The number of rotatable bonds is 11. The fraction of sp³-hybridized carbons (Fsp3) is 0.556. The van der Waals surface area contributed by atoms with Crippen LogP contribution in [0.5, 0.6) is 0 Å². The van der Waals surface area contributed by atoms with Gasteiger partial charge >= 0.3 is 0 Å². The molecule has 0 aliphatic carbocycles. The Balaban J connectivity index is 0. The molecule has 0 aromatic rings. The van der Waals surface area contributed by atoms with Gasteiger partial charge in [-0.05, 0) is 40.5 Å². The van der Waals surface area contributed by atoms with Crippen molar-refractivity contribution in [3.05, 3.63) is 25.3 Å². The maximum Gasteiger partial charge on any atom is 0.138 e. The van der Waals surface area contributed by atoms with Crippen LogP contribution < -0.4 is 0 Å². The number of hydrogen-bond donors (Lipinski definition) is 0. The van der Waals surface area contributed by atoms with E-state index in [1.165, 1.54) is 0 Å². The molecule has 0 fully saturated rings. The Morgan fingerprint density at radius 1 is 0.826 bits per heavy atom. The first kappa shape index (κ1) is 23.9. The van der Waals surface area contributed by atoms with Gasteiger partial charge in [-0.3, -0.25) is 19.6 Å². The summed E-state index contributed by atoms with van der Waals surface area (Å²) in [5.41, 5.74) is 1.63. The Morgan fingerprint density at radius 3 is 1.35 bits per heavy atom. The number of ketones is 2. The van der Waals surface area contributed by atoms with Gasteiger partial charge in [0, 0.05) is 28.5 Å². The second-order valence-electron chi connectivity index (χ2n) is 5.42. The van der Waals surface area contributed by atoms with Crippen molar-refractivity contribution >= 4 is 23.0 Å². The molecule has 0 spiro atoms. The molecule has 5 heteroatoms. The summed E-state index contributed by atoms with van der Waals surface area (Å²) < 4.78 is 0. The topological polar surface area (TPSA) is 58.9 Å². The quantitative estimate of drug-likeness (QED) is 0.243. The van der Waals surface area contributed by atoms with Gasteiger partial charge in [0.25, 0.3) is 0 Å². The largest absolute Gasteiger partial charge is 0.299 e. The average Bonchev–Trinajstić information content (AvgIpc) is 2.45. The van der Waals surface area contributed by atoms with Gasteiger partial charge in [-0.1, -0.05) is 12.2 Å². The minimum Gasteiger partial charge on any atom is -0.299 e. The molecular weight excluding hydrogens is 340 g/mol. The molecular formula is C18H28CuN2O2. The number of aliphatic imine (C=N–C) groups is 2. The molecule has 133 valence electrons. The third-order valence-corrected chi connectivity index (χ3v) is 3.62. The van der Waals surface area contributed by atoms with Crippen LogP contribution in [0.15, 0.2) is 35.3 Å². The minimum atomic E-state index is -0.187. The van der Waals surface area contributed by atoms with Crippen LogP contribution >= 0.6 is 0 Å². The molecule has 23 heavy (non-hydrogen) atoms. The summed E-state index contributed by atoms with van der Waals surface area (Å²) >= 11 is 0. The molecule has 4 nitrogen and oxygen atoms in total. The van der Waals surface area contributed by atoms with Crippen LogP contribution in [0.3, 0.4) is 0 Å². The Morgan fingerprint density at radius 2 is 1.13 bits per heavy atom. The van der Waals surface area contributed by atoms with Crippen molar-refractivity contribution in [2.45, 2.75) is 40.5 Å². The zero-order valence-corrected chi connectivity index (χ0v) is 15.5. The van der Waals surface area contributed by atoms with E-state index in [0.717, 1.165) is 11.4 Å². The van der Waals surface area contributed by atoms with Gasteiger partial charge in [-0.2, -0.15) is 0 Å². The maximum atomic E-state index is 11.5. The maximum absolute atomic E-state index is 11.5. The van der Waals surface area contributed by atoms with Gasteiger partial charge in [0.05, 0.1) is 24.9 Å². The number of allylic oxidation sites excluding steroid dienone is 2. The number of hydrogen-bond acceptors (Lipinski definition) is 4. The smallest absolute Gasteiger partial charge is 0.138 e. The van der Waals surface area contributed by atoms with Crippen LogP contribution in [-0.4, -0.2) is 36.1 Å². The first-order valence-electron chi connectivity index (χ1n) is 7.59. The van der Waals surface area contributed by atoms with Gasteiger partial charge in [-0.25, -0.2) is 0 Å². The second kappa shape index (κ2) is 13.1. The van der Waals surface area contributed by atoms with Gasteiger partial charge in [0.1, 0.15) is 11.6 Å². The van der Waals surface area contributed by atoms with Gasteiger partial charge in [-0.15, -0.1) is 13.2 Å². The molecule has 0 saturated carbocycles. The number of carbonyl (C=O) groups is 2. The summed E-state index contributed by atoms with van der Waals surface area (Å²) in [5.74, 6) is -0.173. The van der Waals surface area contributed by atoms with E-state index < -0.39 is 0 Å². The van der Waals surface area contributed by atoms with Crippen LogP contribution in [0.1, 0.15) is 40.5 Å². The Kier molecular flexibility index (Phi) is 13.7. The van der Waals surface area contributed by atoms with Crippen LogP contribution in [0.2, 0.25) is 0 Å². The van der Waals surface area contributed by atoms with E-state index in [1.54, 1.807) is 26.0 Å². The van der Waals surface area contributed by atoms with E-state index in [1.807, 2.05) is 13.8 Å². The molecule has 0 aromatic heterocycles. The standard InChI is InChI=1S/C18H28N2O2.Cu/c1-7-9-17(15(5)21)13(3)19-11-12-20-14(4)18(10-8-2)16(6)22;/h7-8,17-18H,1-2,9-12H2,3-6H3;. The summed E-state index contributed by atoms with van der Waals surface area (Å²) in [4.78, 5) is 31.9. The molecule has 0 bridgehead atoms. The van der Waals surface area contributed by atoms with Crippen molar-refractivity contribution in [3.63, 3.8) is 0 Å². The van der Waals surface area contributed by atoms with E-state index in [4.69, 9.17) is 0 Å². The molecule has 0 N–H and O–H groups in total. The molecule has 2 unspecified atom stereocenters. The van der Waals surface area contributed by atoms with Crippen molar-refractivity contribution in [1.29, 1.82) is 0 Å². The molecule has 0 aromatic carbocycles. The van der Waals surface area contributed by atoms with E-state index in [9.17, 15) is 9.59 Å². The summed E-state index contributed by atoms with van der Waals surface area (Å²) in [6.07, 6.45) is 4.69. The first-order valence-corrected chi connectivity index (χ1v) is 7.59. The van der Waals surface area contributed by atoms with Crippen molar-refractivity contribution in [3.8, 4) is 0 Å². The van der Waals surface area contributed by atoms with Crippen LogP contribution in [0, 0.1) is 11.8 Å². The van der Waals surface area contributed by atoms with Gasteiger partial charge in [0.2, 0.25) is 0 Å². The van der Waals surface area contributed by atoms with Gasteiger partial charge < -0.3 is 0 Å². The van der Waals surface area contributed by atoms with E-state index in [0.29, 0.717) is 25.9 Å². The third-order valence-electron chi connectivity index (χ3n) is 3.62. The molecule has 0 aliphatic rings. The van der Waals surface area contributed by atoms with Crippen molar-refractivity contribution in [2.75, 3.05) is 13.1 Å². The summed E-state index contributed by atoms with van der Waals surface area (Å²) in [7, 11) is 0. The monoisotopic (exact) mass is 367 g/mol. The zero-order valence-electron chi connectivity index (χ0n) is 14.6. The molecule has 0 heterocycles. The van der Waals surface area contributed by atoms with Crippen LogP contribution in [0.4, 0.5) is 0 Å². The number of nitrogens with zero attached hydrogens (tertiary/aromatic N) is 2. The Bertz CT molecular complexity index is 437. The summed E-state index contributed by atoms with van der Waals surface area (Å²) in [6, 6.07) is 0. The fourth-order valence-electron chi connectivity index (χ4n) is 2.27. The summed E-state index contributed by atoms with van der Waals surface area (Å²) in [5, 5.41) is 0. The van der Waals surface area contributed by atoms with Crippen LogP contribution in [-0.2, 0) is 26.7 Å². The molecule has 1 radical (unpaired) electrons. The predicted octanol–water partition coefficient (Wildman–Crippen LogP) is 3.47. The number of Topliss-reactive ketones (excluding diaryl/α,β-unsaturated/α-hetero) is 2. The Labute approximate surface area is 150 Å². The molecule has 0 saturated heterocycles. The molecule has 0 aliphatic heterocycles. The van der Waals surface area contributed by atoms with Crippen molar-refractivity contribution in [2.24, 2.45) is 21.8 Å². The molecule has 0 rings (SSSR count). The number of carbonyl (C=O) groups excluding carboxylic acids is 2. The van der Waals surface area contributed by atoms with Crippen molar-refractivity contribution in [1.82, 2.24) is 0 Å². The van der Waals surface area contributed by atoms with Crippen LogP contribution in [0.25, 0.3) is 0 Å². The second-order valence-corrected chi connectivity index (χ2v) is 5.42. The van der Waals surface area contributed by atoms with Gasteiger partial charge in [0.15, 0.2) is 0 Å². The Hall–Kier alpha value is -1.32. The predicted molar refractivity (Wildman–Crippen MR) is 93.9 cm³/mol. The average molecular weight is 368 g/mol. The van der Waals surface area contributed by atoms with Crippen molar-refractivity contribution < 1.29 is 26.7 Å². The first-order chi connectivity index (χ1) is 10.3. The molecule has 0 amide bonds. The van der Waals surface area contributed by atoms with E-state index in [2.05, 4.69) is 23.1 Å². The summed E-state index contributed by atoms with van der Waals surface area (Å²) in [6.45, 7) is 15.2. The zero-order chi connectivity index (χ0) is 17.1. The fourth-order valence-corrected chi connectivity index (χ4v) is 2.27. The molecule has 2 atom stereocenters. The SMILES string of the molecule is C=CCC(C(C)=O)C(C)=NCCN=C(C)C(CC=C)C(C)=O.[Cu]. The normalized spacial score (nSPS) is 14.4. The third kappa shape index (κ3) is 9.42. The minimum absolute atomic E-state index is 0.